The molecule has 11 heavy (non-hydrogen) atoms. The summed E-state index contributed by atoms with van der Waals surface area (Å²) in [5, 5.41) is 0. The van der Waals surface area contributed by atoms with Crippen LogP contribution in [-0.2, 0) is 11.9 Å². The maximum atomic E-state index is 5.02. The molecular formula is C6H13Cl4Mo-. The summed E-state index contributed by atoms with van der Waals surface area (Å²) < 4.78 is 0. The van der Waals surface area contributed by atoms with Crippen molar-refractivity contribution in [2.24, 2.45) is 0 Å². The van der Waals surface area contributed by atoms with E-state index in [4.69, 9.17) is 37.7 Å². The van der Waals surface area contributed by atoms with Crippen LogP contribution in [0.25, 0.3) is 0 Å². The van der Waals surface area contributed by atoms with E-state index in [-0.39, 0.29) is 7.43 Å². The molecule has 0 nitrogen and oxygen atoms in total. The fourth-order valence-electron chi connectivity index (χ4n) is 0.884. The van der Waals surface area contributed by atoms with Gasteiger partial charge in [0.05, 0.1) is 0 Å². The Kier molecular flexibility index (Phi) is 11.8. The van der Waals surface area contributed by atoms with Crippen molar-refractivity contribution in [1.29, 1.82) is 0 Å². The Morgan fingerprint density at radius 1 is 0.636 bits per heavy atom. The summed E-state index contributed by atoms with van der Waals surface area (Å²) in [5.74, 6) is 0. The molecule has 0 aliphatic heterocycles. The molecule has 1 rings (SSSR count). The Balaban J connectivity index is 0. The van der Waals surface area contributed by atoms with E-state index in [0.717, 1.165) is 0 Å². The molecule has 0 bridgehead atoms. The van der Waals surface area contributed by atoms with Crippen molar-refractivity contribution in [2.45, 2.75) is 32.1 Å². The second-order valence-electron chi connectivity index (χ2n) is 2.12. The van der Waals surface area contributed by atoms with Gasteiger partial charge in [-0.15, -0.1) is 0 Å². The summed E-state index contributed by atoms with van der Waals surface area (Å²) >= 11 is -3.13. The van der Waals surface area contributed by atoms with Gasteiger partial charge < -0.3 is 7.43 Å². The van der Waals surface area contributed by atoms with Gasteiger partial charge >= 0.3 is 49.6 Å². The van der Waals surface area contributed by atoms with Crippen molar-refractivity contribution < 1.29 is 11.9 Å². The molecule has 0 aromatic heterocycles. The molecule has 0 aromatic carbocycles. The zero-order valence-corrected chi connectivity index (χ0v) is 11.5. The summed E-state index contributed by atoms with van der Waals surface area (Å²) in [6.45, 7) is 0. The van der Waals surface area contributed by atoms with Crippen molar-refractivity contribution >= 4 is 37.7 Å². The van der Waals surface area contributed by atoms with Gasteiger partial charge in [-0.1, -0.05) is 32.1 Å². The van der Waals surface area contributed by atoms with Gasteiger partial charge in [-0.05, 0) is 0 Å². The predicted molar refractivity (Wildman–Crippen MR) is 52.9 cm³/mol. The number of hydrogen-bond donors (Lipinski definition) is 0. The number of hydrogen-bond acceptors (Lipinski definition) is 0. The van der Waals surface area contributed by atoms with E-state index in [9.17, 15) is 0 Å². The van der Waals surface area contributed by atoms with Crippen LogP contribution in [0.3, 0.4) is 0 Å². The molecule has 0 radical (unpaired) electrons. The van der Waals surface area contributed by atoms with Gasteiger partial charge in [-0.2, -0.15) is 0 Å². The molecule has 1 aliphatic carbocycles. The van der Waals surface area contributed by atoms with Crippen molar-refractivity contribution in [3.8, 4) is 0 Å². The Hall–Kier alpha value is 1.85. The first-order valence-electron chi connectivity index (χ1n) is 3.12. The van der Waals surface area contributed by atoms with E-state index in [1.54, 1.807) is 0 Å². The second kappa shape index (κ2) is 8.45. The first-order chi connectivity index (χ1) is 4.50. The Morgan fingerprint density at radius 2 is 0.727 bits per heavy atom. The molecule has 72 valence electrons. The van der Waals surface area contributed by atoms with E-state index in [1.807, 2.05) is 0 Å². The molecule has 1 saturated carbocycles. The maximum absolute atomic E-state index is 5.02. The summed E-state index contributed by atoms with van der Waals surface area (Å²) in [5.41, 5.74) is 0. The fraction of sp³-hybridized carbons (Fsp3) is 0.833. The standard InChI is InChI=1S/C5H10.CH3.4ClH.Mo/c1-2-4-5-3-1;;;;;;/h1-5H2;1H3;4*1H;/q;-1;;;;;+4/p-4. The fourth-order valence-corrected chi connectivity index (χ4v) is 0.884. The summed E-state index contributed by atoms with van der Waals surface area (Å²) in [6, 6.07) is 0. The summed E-state index contributed by atoms with van der Waals surface area (Å²) in [6.07, 6.45) is 7.50. The van der Waals surface area contributed by atoms with Gasteiger partial charge in [0.2, 0.25) is 0 Å². The van der Waals surface area contributed by atoms with Crippen molar-refractivity contribution in [3.63, 3.8) is 0 Å². The predicted octanol–water partition coefficient (Wildman–Crippen LogP) is 5.16. The Morgan fingerprint density at radius 3 is 0.818 bits per heavy atom. The van der Waals surface area contributed by atoms with Crippen LogP contribution in [-0.4, -0.2) is 0 Å². The van der Waals surface area contributed by atoms with Gasteiger partial charge in [0, 0.05) is 0 Å². The monoisotopic (exact) mass is 323 g/mol. The van der Waals surface area contributed by atoms with Crippen LogP contribution in [0.15, 0.2) is 0 Å². The van der Waals surface area contributed by atoms with E-state index in [2.05, 4.69) is 0 Å². The van der Waals surface area contributed by atoms with Crippen LogP contribution in [0, 0.1) is 7.43 Å². The van der Waals surface area contributed by atoms with E-state index in [0.29, 0.717) is 0 Å². The topological polar surface area (TPSA) is 0 Å². The average Bonchev–Trinajstić information content (AvgIpc) is 2.07. The van der Waals surface area contributed by atoms with Crippen LogP contribution >= 0.6 is 37.7 Å². The second-order valence-corrected chi connectivity index (χ2v) is 20.4. The third-order valence-corrected chi connectivity index (χ3v) is 1.25. The summed E-state index contributed by atoms with van der Waals surface area (Å²) in [4.78, 5) is 0. The van der Waals surface area contributed by atoms with Crippen molar-refractivity contribution in [2.75, 3.05) is 0 Å². The summed E-state index contributed by atoms with van der Waals surface area (Å²) in [7, 11) is 20.1. The van der Waals surface area contributed by atoms with Gasteiger partial charge in [0.15, 0.2) is 0 Å². The molecular weight excluding hydrogens is 310 g/mol. The van der Waals surface area contributed by atoms with Gasteiger partial charge in [-0.3, -0.25) is 0 Å². The van der Waals surface area contributed by atoms with Crippen LogP contribution in [0.2, 0.25) is 0 Å². The molecule has 1 aliphatic rings. The average molecular weight is 323 g/mol. The van der Waals surface area contributed by atoms with Crippen LogP contribution < -0.4 is 0 Å². The van der Waals surface area contributed by atoms with Crippen LogP contribution in [0.5, 0.6) is 0 Å². The third-order valence-electron chi connectivity index (χ3n) is 1.25. The van der Waals surface area contributed by atoms with Gasteiger partial charge in [0.25, 0.3) is 0 Å². The quantitative estimate of drug-likeness (QED) is 0.427. The van der Waals surface area contributed by atoms with E-state index >= 15 is 0 Å². The molecule has 0 atom stereocenters. The minimum absolute atomic E-state index is 0. The number of rotatable bonds is 0. The van der Waals surface area contributed by atoms with Gasteiger partial charge in [-0.25, -0.2) is 0 Å². The van der Waals surface area contributed by atoms with Crippen LogP contribution in [0.1, 0.15) is 32.1 Å². The number of halogens is 4. The normalized spacial score (nSPS) is 17.8. The van der Waals surface area contributed by atoms with E-state index in [1.165, 1.54) is 32.1 Å². The first-order valence-corrected chi connectivity index (χ1v) is 13.5. The molecule has 0 heterocycles. The minimum atomic E-state index is -3.13. The molecule has 0 saturated heterocycles. The zero-order chi connectivity index (χ0) is 8.04. The van der Waals surface area contributed by atoms with Crippen LogP contribution in [0.4, 0.5) is 0 Å². The van der Waals surface area contributed by atoms with E-state index < -0.39 is 11.9 Å². The van der Waals surface area contributed by atoms with Gasteiger partial charge in [0.1, 0.15) is 0 Å². The molecule has 5 heteroatoms. The Bertz CT molecular complexity index is 63.5. The molecule has 0 unspecified atom stereocenters. The first kappa shape index (κ1) is 15.3. The van der Waals surface area contributed by atoms with Crippen molar-refractivity contribution in [1.82, 2.24) is 0 Å². The molecule has 0 N–H and O–H groups in total. The zero-order valence-electron chi connectivity index (χ0n) is 6.46. The van der Waals surface area contributed by atoms with Crippen molar-refractivity contribution in [3.05, 3.63) is 7.43 Å². The molecule has 0 spiro atoms. The molecule has 0 amide bonds. The Labute approximate surface area is 88.4 Å². The SMILES string of the molecule is C1CCCC1.[CH3-].[Cl][Mo]([Cl])([Cl])[Cl]. The molecule has 1 fully saturated rings. The molecule has 0 aromatic rings. The third kappa shape index (κ3) is 24.5.